The summed E-state index contributed by atoms with van der Waals surface area (Å²) in [7, 11) is -0.572. The molecule has 1 aromatic rings. The van der Waals surface area contributed by atoms with Crippen LogP contribution < -0.4 is 9.37 Å². The molecule has 0 bridgehead atoms. The van der Waals surface area contributed by atoms with Crippen molar-refractivity contribution in [3.05, 3.63) is 18.2 Å². The van der Waals surface area contributed by atoms with Crippen LogP contribution in [-0.4, -0.2) is 48.8 Å². The van der Waals surface area contributed by atoms with Gasteiger partial charge in [-0.1, -0.05) is 0 Å². The normalized spacial score (nSPS) is 14.4. The zero-order valence-electron chi connectivity index (χ0n) is 12.2. The van der Waals surface area contributed by atoms with Gasteiger partial charge in [0.2, 0.25) is 0 Å². The van der Waals surface area contributed by atoms with E-state index in [0.717, 1.165) is 15.4 Å². The van der Waals surface area contributed by atoms with Gasteiger partial charge in [-0.25, -0.2) is 13.5 Å². The second kappa shape index (κ2) is 7.48. The molecule has 0 fully saturated rings. The second-order valence-electron chi connectivity index (χ2n) is 3.98. The highest BCUT2D eigenvalue weighted by Crippen LogP contribution is 2.30. The molecule has 2 atom stereocenters. The Hall–Kier alpha value is -1.05. The van der Waals surface area contributed by atoms with Gasteiger partial charge in [-0.05, 0) is 18.2 Å². The van der Waals surface area contributed by atoms with Gasteiger partial charge in [-0.2, -0.15) is 12.7 Å². The maximum absolute atomic E-state index is 11.7. The smallest absolute Gasteiger partial charge is 0.282 e. The molecule has 1 aromatic carbocycles. The van der Waals surface area contributed by atoms with Crippen molar-refractivity contribution in [3.63, 3.8) is 0 Å². The van der Waals surface area contributed by atoms with E-state index in [9.17, 15) is 21.4 Å². The second-order valence-corrected chi connectivity index (χ2v) is 7.64. The summed E-state index contributed by atoms with van der Waals surface area (Å²) in [5, 5.41) is 1.15. The van der Waals surface area contributed by atoms with Crippen molar-refractivity contribution in [1.82, 2.24) is 0 Å². The number of benzene rings is 1. The molecule has 0 amide bonds. The lowest BCUT2D eigenvalue weighted by atomic mass is 10.3. The van der Waals surface area contributed by atoms with Crippen molar-refractivity contribution in [2.45, 2.75) is 4.90 Å². The minimum atomic E-state index is -4.54. The highest BCUT2D eigenvalue weighted by Gasteiger charge is 2.22. The monoisotopic (exact) mass is 372 g/mol. The Morgan fingerprint density at radius 3 is 2.27 bits per heavy atom. The molecule has 1 rings (SSSR count). The molecule has 0 spiro atoms. The molecule has 12 heteroatoms. The van der Waals surface area contributed by atoms with E-state index in [1.807, 2.05) is 0 Å². The quantitative estimate of drug-likeness (QED) is 0.535. The lowest BCUT2D eigenvalue weighted by molar-refractivity contribution is 0.336. The molecule has 0 aliphatic heterocycles. The Bertz CT molecular complexity index is 692. The van der Waals surface area contributed by atoms with E-state index in [1.54, 1.807) is 0 Å². The summed E-state index contributed by atoms with van der Waals surface area (Å²) < 4.78 is 65.5. The van der Waals surface area contributed by atoms with Crippen LogP contribution in [0.1, 0.15) is 0 Å². The molecular weight excluding hydrogens is 356 g/mol. The van der Waals surface area contributed by atoms with E-state index >= 15 is 0 Å². The molecule has 0 saturated heterocycles. The zero-order chi connectivity index (χ0) is 17.1. The van der Waals surface area contributed by atoms with E-state index in [0.29, 0.717) is 5.69 Å². The molecule has 126 valence electrons. The molecule has 22 heavy (non-hydrogen) atoms. The van der Waals surface area contributed by atoms with E-state index in [2.05, 4.69) is 4.18 Å². The molecule has 2 unspecified atom stereocenters. The predicted molar refractivity (Wildman–Crippen MR) is 83.4 cm³/mol. The van der Waals surface area contributed by atoms with Crippen LogP contribution in [-0.2, 0) is 40.9 Å². The van der Waals surface area contributed by atoms with Crippen molar-refractivity contribution < 1.29 is 29.9 Å². The summed E-state index contributed by atoms with van der Waals surface area (Å²) in [4.78, 5) is -0.449. The highest BCUT2D eigenvalue weighted by atomic mass is 32.2. The van der Waals surface area contributed by atoms with Gasteiger partial charge in [0.05, 0.1) is 18.5 Å². The van der Waals surface area contributed by atoms with Gasteiger partial charge >= 0.3 is 0 Å². The molecule has 0 aliphatic rings. The number of hydrogen-bond donors (Lipinski definition) is 1. The summed E-state index contributed by atoms with van der Waals surface area (Å²) in [6.07, 6.45) is 1.32. The molecular formula is C10H16N2O7S3. The Kier molecular flexibility index (Phi) is 6.46. The summed E-state index contributed by atoms with van der Waals surface area (Å²) in [6, 6.07) is 3.75. The van der Waals surface area contributed by atoms with Crippen LogP contribution in [0.15, 0.2) is 23.1 Å². The van der Waals surface area contributed by atoms with Crippen molar-refractivity contribution >= 4 is 43.8 Å². The number of nitrogens with zero attached hydrogens (tertiary/aromatic N) is 2. The van der Waals surface area contributed by atoms with Crippen molar-refractivity contribution in [2.24, 2.45) is 0 Å². The molecule has 0 radical (unpaired) electrons. The van der Waals surface area contributed by atoms with Crippen LogP contribution in [0.3, 0.4) is 0 Å². The van der Waals surface area contributed by atoms with Crippen LogP contribution in [0.4, 0.5) is 11.4 Å². The Labute approximate surface area is 134 Å². The van der Waals surface area contributed by atoms with Crippen molar-refractivity contribution in [3.8, 4) is 0 Å². The lowest BCUT2D eigenvalue weighted by Crippen LogP contribution is -2.24. The first-order chi connectivity index (χ1) is 10.1. The first kappa shape index (κ1) is 19.0. The average molecular weight is 372 g/mol. The third kappa shape index (κ3) is 4.72. The average Bonchev–Trinajstić information content (AvgIpc) is 2.43. The minimum absolute atomic E-state index is 0.0717. The summed E-state index contributed by atoms with van der Waals surface area (Å²) >= 11 is -3.55. The van der Waals surface area contributed by atoms with E-state index < -0.39 is 37.4 Å². The SMILES string of the molecule is COS(=O)N(C)c1cc(N(C)OS(C)=O)ccc1S(=O)(=O)O. The van der Waals surface area contributed by atoms with Crippen LogP contribution in [0.25, 0.3) is 0 Å². The summed E-state index contributed by atoms with van der Waals surface area (Å²) in [5.41, 5.74) is 0.259. The third-order valence-electron chi connectivity index (χ3n) is 2.51. The van der Waals surface area contributed by atoms with Crippen molar-refractivity contribution in [2.75, 3.05) is 36.8 Å². The first-order valence-electron chi connectivity index (χ1n) is 5.65. The van der Waals surface area contributed by atoms with Gasteiger partial charge in [-0.3, -0.25) is 13.0 Å². The fourth-order valence-electron chi connectivity index (χ4n) is 1.56. The topological polar surface area (TPSA) is 113 Å². The van der Waals surface area contributed by atoms with Crippen molar-refractivity contribution in [1.29, 1.82) is 0 Å². The van der Waals surface area contributed by atoms with Gasteiger partial charge in [0.25, 0.3) is 21.4 Å². The minimum Gasteiger partial charge on any atom is -0.282 e. The molecule has 0 saturated carbocycles. The van der Waals surface area contributed by atoms with Crippen LogP contribution >= 0.6 is 0 Å². The largest absolute Gasteiger partial charge is 0.296 e. The predicted octanol–water partition coefficient (Wildman–Crippen LogP) is 0.256. The Morgan fingerprint density at radius 2 is 1.82 bits per heavy atom. The maximum Gasteiger partial charge on any atom is 0.296 e. The molecule has 1 N–H and O–H groups in total. The van der Waals surface area contributed by atoms with Gasteiger partial charge in [0, 0.05) is 20.4 Å². The maximum atomic E-state index is 11.7. The highest BCUT2D eigenvalue weighted by molar-refractivity contribution is 7.86. The fraction of sp³-hybridized carbons (Fsp3) is 0.400. The summed E-state index contributed by atoms with van der Waals surface area (Å²) in [6.45, 7) is 0. The van der Waals surface area contributed by atoms with E-state index in [4.69, 9.17) is 4.28 Å². The van der Waals surface area contributed by atoms with Gasteiger partial charge < -0.3 is 0 Å². The molecule has 0 aromatic heterocycles. The number of hydrogen-bond acceptors (Lipinski definition) is 7. The molecule has 9 nitrogen and oxygen atoms in total. The molecule has 0 aliphatic carbocycles. The van der Waals surface area contributed by atoms with Gasteiger partial charge in [-0.15, -0.1) is 0 Å². The van der Waals surface area contributed by atoms with Crippen LogP contribution in [0, 0.1) is 0 Å². The Morgan fingerprint density at radius 1 is 1.23 bits per heavy atom. The van der Waals surface area contributed by atoms with Gasteiger partial charge in [0.1, 0.15) is 4.90 Å². The first-order valence-corrected chi connectivity index (χ1v) is 9.60. The van der Waals surface area contributed by atoms with Crippen LogP contribution in [0.2, 0.25) is 0 Å². The third-order valence-corrected chi connectivity index (χ3v) is 4.77. The van der Waals surface area contributed by atoms with Gasteiger partial charge in [0.15, 0.2) is 11.1 Å². The number of anilines is 2. The standard InChI is InChI=1S/C10H16N2O7S3/c1-11(19-20(4)13)8-5-6-10(22(15,16)17)9(7-8)12(2)21(14)18-3/h5-7H,1-4H3,(H,15,16,17). The van der Waals surface area contributed by atoms with E-state index in [1.165, 1.54) is 39.6 Å². The zero-order valence-corrected chi connectivity index (χ0v) is 14.7. The number of hydroxylamine groups is 1. The number of rotatable bonds is 7. The summed E-state index contributed by atoms with van der Waals surface area (Å²) in [5.74, 6) is 0. The Balaban J connectivity index is 3.40. The lowest BCUT2D eigenvalue weighted by Gasteiger charge is -2.22. The van der Waals surface area contributed by atoms with E-state index in [-0.39, 0.29) is 5.69 Å². The van der Waals surface area contributed by atoms with Crippen LogP contribution in [0.5, 0.6) is 0 Å². The fourth-order valence-corrected chi connectivity index (χ4v) is 3.25. The molecule has 0 heterocycles.